The van der Waals surface area contributed by atoms with Crippen LogP contribution in [0.1, 0.15) is 35.4 Å². The van der Waals surface area contributed by atoms with E-state index in [1.54, 1.807) is 12.1 Å². The summed E-state index contributed by atoms with van der Waals surface area (Å²) in [4.78, 5) is 21.7. The molecule has 0 bridgehead atoms. The number of carbonyl (C=O) groups is 2. The van der Waals surface area contributed by atoms with Gasteiger partial charge in [0, 0.05) is 5.56 Å². The lowest BCUT2D eigenvalue weighted by Crippen LogP contribution is -2.23. The van der Waals surface area contributed by atoms with Crippen LogP contribution < -0.4 is 0 Å². The molecule has 3 N–H and O–H groups in total. The number of benzene rings is 1. The first kappa shape index (κ1) is 13.3. The highest BCUT2D eigenvalue weighted by molar-refractivity contribution is 5.95. The maximum Gasteiger partial charge on any atom is 0.306 e. The number of hydrogen-bond acceptors (Lipinski definition) is 4. The molecule has 17 heavy (non-hydrogen) atoms. The molecule has 0 radical (unpaired) electrons. The highest BCUT2D eigenvalue weighted by atomic mass is 16.4. The van der Waals surface area contributed by atoms with Gasteiger partial charge in [-0.05, 0) is 12.5 Å². The van der Waals surface area contributed by atoms with Crippen molar-refractivity contribution in [2.24, 2.45) is 0 Å². The Kier molecular flexibility index (Phi) is 4.37. The van der Waals surface area contributed by atoms with Gasteiger partial charge < -0.3 is 15.3 Å². The third kappa shape index (κ3) is 3.37. The number of carboxylic acids is 1. The average molecular weight is 238 g/mol. The Labute approximate surface area is 98.3 Å². The lowest BCUT2D eigenvalue weighted by atomic mass is 9.95. The van der Waals surface area contributed by atoms with Gasteiger partial charge in [-0.2, -0.15) is 0 Å². The summed E-state index contributed by atoms with van der Waals surface area (Å²) in [6, 6.07) is 6.26. The number of aliphatic carboxylic acids is 1. The zero-order chi connectivity index (χ0) is 13.0. The first-order valence-electron chi connectivity index (χ1n) is 5.11. The molecule has 1 aromatic carbocycles. The second-order valence-corrected chi connectivity index (χ2v) is 3.75. The van der Waals surface area contributed by atoms with Crippen molar-refractivity contribution in [3.63, 3.8) is 0 Å². The van der Waals surface area contributed by atoms with Gasteiger partial charge in [-0.3, -0.25) is 9.59 Å². The summed E-state index contributed by atoms with van der Waals surface area (Å²) in [5, 5.41) is 27.8. The fraction of sp³-hybridized carbons (Fsp3) is 0.333. The van der Waals surface area contributed by atoms with Crippen LogP contribution in [0.25, 0.3) is 0 Å². The fourth-order valence-electron chi connectivity index (χ4n) is 1.57. The molecule has 1 aromatic rings. The van der Waals surface area contributed by atoms with Crippen molar-refractivity contribution in [1.82, 2.24) is 0 Å². The minimum Gasteiger partial charge on any atom is -0.481 e. The summed E-state index contributed by atoms with van der Waals surface area (Å²) in [7, 11) is 0. The molecule has 2 atom stereocenters. The van der Waals surface area contributed by atoms with Gasteiger partial charge >= 0.3 is 5.97 Å². The first-order valence-corrected chi connectivity index (χ1v) is 5.11. The van der Waals surface area contributed by atoms with Crippen LogP contribution in [0.3, 0.4) is 0 Å². The van der Waals surface area contributed by atoms with Gasteiger partial charge in [0.1, 0.15) is 6.10 Å². The van der Waals surface area contributed by atoms with Crippen molar-refractivity contribution < 1.29 is 24.9 Å². The van der Waals surface area contributed by atoms with E-state index in [0.29, 0.717) is 0 Å². The lowest BCUT2D eigenvalue weighted by Gasteiger charge is -2.18. The van der Waals surface area contributed by atoms with Gasteiger partial charge in [-0.1, -0.05) is 24.3 Å². The second-order valence-electron chi connectivity index (χ2n) is 3.75. The molecule has 1 rings (SSSR count). The highest BCUT2D eigenvalue weighted by Gasteiger charge is 2.24. The molecule has 0 aliphatic carbocycles. The third-order valence-electron chi connectivity index (χ3n) is 2.41. The van der Waals surface area contributed by atoms with Gasteiger partial charge in [0.05, 0.1) is 12.5 Å². The zero-order valence-corrected chi connectivity index (χ0v) is 9.33. The maximum absolute atomic E-state index is 11.3. The smallest absolute Gasteiger partial charge is 0.306 e. The van der Waals surface area contributed by atoms with Crippen LogP contribution in [0.4, 0.5) is 0 Å². The Balaban J connectivity index is 2.99. The number of hydrogen-bond donors (Lipinski definition) is 3. The molecule has 5 nitrogen and oxygen atoms in total. The molecule has 92 valence electrons. The van der Waals surface area contributed by atoms with E-state index in [-0.39, 0.29) is 16.9 Å². The van der Waals surface area contributed by atoms with Crippen LogP contribution in [0, 0.1) is 0 Å². The molecule has 0 aromatic heterocycles. The maximum atomic E-state index is 11.3. The van der Waals surface area contributed by atoms with E-state index < -0.39 is 24.6 Å². The predicted molar refractivity (Wildman–Crippen MR) is 59.7 cm³/mol. The van der Waals surface area contributed by atoms with E-state index in [4.69, 9.17) is 5.11 Å². The summed E-state index contributed by atoms with van der Waals surface area (Å²) in [6.07, 6.45) is -3.40. The number of aliphatic hydroxyl groups is 2. The number of rotatable bonds is 5. The van der Waals surface area contributed by atoms with Crippen LogP contribution >= 0.6 is 0 Å². The largest absolute Gasteiger partial charge is 0.481 e. The fourth-order valence-corrected chi connectivity index (χ4v) is 1.57. The minimum absolute atomic E-state index is 0.244. The summed E-state index contributed by atoms with van der Waals surface area (Å²) >= 11 is 0. The van der Waals surface area contributed by atoms with Crippen LogP contribution in [-0.2, 0) is 4.79 Å². The summed E-state index contributed by atoms with van der Waals surface area (Å²) in [5.74, 6) is -1.46. The Hall–Kier alpha value is -1.72. The molecule has 5 heteroatoms. The van der Waals surface area contributed by atoms with E-state index in [0.717, 1.165) is 0 Å². The Morgan fingerprint density at radius 3 is 2.35 bits per heavy atom. The summed E-state index contributed by atoms with van der Waals surface area (Å²) in [6.45, 7) is 1.34. The number of carboxylic acid groups (broad SMARTS) is 1. The first-order chi connectivity index (χ1) is 7.93. The number of carbonyl (C=O) groups excluding carboxylic acids is 1. The molecule has 2 unspecified atom stereocenters. The van der Waals surface area contributed by atoms with Crippen LogP contribution in [0.5, 0.6) is 0 Å². The van der Waals surface area contributed by atoms with E-state index >= 15 is 0 Å². The minimum atomic E-state index is -1.44. The zero-order valence-electron chi connectivity index (χ0n) is 9.33. The quantitative estimate of drug-likeness (QED) is 0.658. The van der Waals surface area contributed by atoms with E-state index in [1.165, 1.54) is 19.1 Å². The summed E-state index contributed by atoms with van der Waals surface area (Å²) in [5.41, 5.74) is 0.526. The van der Waals surface area contributed by atoms with Crippen molar-refractivity contribution in [2.75, 3.05) is 0 Å². The van der Waals surface area contributed by atoms with Gasteiger partial charge in [-0.15, -0.1) is 0 Å². The van der Waals surface area contributed by atoms with Gasteiger partial charge in [-0.25, -0.2) is 0 Å². The van der Waals surface area contributed by atoms with Gasteiger partial charge in [0.15, 0.2) is 5.78 Å². The molecule has 0 fully saturated rings. The van der Waals surface area contributed by atoms with Crippen molar-refractivity contribution >= 4 is 11.8 Å². The highest BCUT2D eigenvalue weighted by Crippen LogP contribution is 2.23. The second kappa shape index (κ2) is 5.56. The Morgan fingerprint density at radius 1 is 1.24 bits per heavy atom. The molecule has 0 saturated carbocycles. The molecular formula is C12H14O5. The SMILES string of the molecule is CC(=O)c1ccccc1C(O)C(O)CC(=O)O. The Morgan fingerprint density at radius 2 is 1.82 bits per heavy atom. The normalized spacial score (nSPS) is 14.1. The molecule has 0 aliphatic rings. The standard InChI is InChI=1S/C12H14O5/c1-7(13)8-4-2-3-5-9(8)12(17)10(14)6-11(15)16/h2-5,10,12,14,17H,6H2,1H3,(H,15,16). The molecule has 0 heterocycles. The predicted octanol–water partition coefficient (Wildman–Crippen LogP) is 0.758. The van der Waals surface area contributed by atoms with Crippen LogP contribution in [0.2, 0.25) is 0 Å². The van der Waals surface area contributed by atoms with E-state index in [2.05, 4.69) is 0 Å². The average Bonchev–Trinajstić information content (AvgIpc) is 2.27. The number of ketones is 1. The van der Waals surface area contributed by atoms with Gasteiger partial charge in [0.25, 0.3) is 0 Å². The van der Waals surface area contributed by atoms with E-state index in [1.807, 2.05) is 0 Å². The van der Waals surface area contributed by atoms with E-state index in [9.17, 15) is 19.8 Å². The monoisotopic (exact) mass is 238 g/mol. The topological polar surface area (TPSA) is 94.8 Å². The van der Waals surface area contributed by atoms with Crippen molar-refractivity contribution in [1.29, 1.82) is 0 Å². The number of aliphatic hydroxyl groups excluding tert-OH is 2. The number of Topliss-reactive ketones (excluding diaryl/α,β-unsaturated/α-hetero) is 1. The van der Waals surface area contributed by atoms with Crippen LogP contribution in [-0.4, -0.2) is 33.2 Å². The third-order valence-corrected chi connectivity index (χ3v) is 2.41. The molecule has 0 amide bonds. The van der Waals surface area contributed by atoms with Crippen molar-refractivity contribution in [3.8, 4) is 0 Å². The lowest BCUT2D eigenvalue weighted by molar-refractivity contribution is -0.141. The van der Waals surface area contributed by atoms with Crippen molar-refractivity contribution in [2.45, 2.75) is 25.6 Å². The molecule has 0 spiro atoms. The van der Waals surface area contributed by atoms with Gasteiger partial charge in [0.2, 0.25) is 0 Å². The Bertz CT molecular complexity index is 427. The van der Waals surface area contributed by atoms with Crippen molar-refractivity contribution in [3.05, 3.63) is 35.4 Å². The van der Waals surface area contributed by atoms with Crippen LogP contribution in [0.15, 0.2) is 24.3 Å². The molecule has 0 saturated heterocycles. The molecular weight excluding hydrogens is 224 g/mol. The summed E-state index contributed by atoms with van der Waals surface area (Å²) < 4.78 is 0. The molecule has 0 aliphatic heterocycles.